The normalized spacial score (nSPS) is 11.0. The lowest BCUT2D eigenvalue weighted by Crippen LogP contribution is -2.25. The van der Waals surface area contributed by atoms with Crippen LogP contribution in [0.2, 0.25) is 0 Å². The van der Waals surface area contributed by atoms with Crippen molar-refractivity contribution in [2.75, 3.05) is 13.7 Å². The molecule has 0 radical (unpaired) electrons. The van der Waals surface area contributed by atoms with E-state index < -0.39 is 0 Å². The number of carbonyl (C=O) groups is 1. The van der Waals surface area contributed by atoms with Crippen molar-refractivity contribution in [1.82, 2.24) is 34.8 Å². The summed E-state index contributed by atoms with van der Waals surface area (Å²) in [6.07, 6.45) is 2.52. The third kappa shape index (κ3) is 4.61. The van der Waals surface area contributed by atoms with Gasteiger partial charge >= 0.3 is 0 Å². The zero-order valence-electron chi connectivity index (χ0n) is 16.4. The molecule has 0 bridgehead atoms. The van der Waals surface area contributed by atoms with E-state index in [0.29, 0.717) is 36.9 Å². The molecule has 1 amide bonds. The first-order valence-corrected chi connectivity index (χ1v) is 9.28. The fourth-order valence-electron chi connectivity index (χ4n) is 2.93. The Labute approximate surface area is 163 Å². The van der Waals surface area contributed by atoms with Gasteiger partial charge in [-0.25, -0.2) is 9.67 Å². The SMILES string of the molecule is CCn1nc(C)nc1-c1cccc(C(=O)NCc2nncn2CCCOC)c1. The Morgan fingerprint density at radius 1 is 1.32 bits per heavy atom. The van der Waals surface area contributed by atoms with Crippen molar-refractivity contribution >= 4 is 5.91 Å². The molecule has 0 saturated carbocycles. The van der Waals surface area contributed by atoms with Crippen molar-refractivity contribution in [1.29, 1.82) is 0 Å². The van der Waals surface area contributed by atoms with E-state index in [4.69, 9.17) is 4.74 Å². The number of nitrogens with zero attached hydrogens (tertiary/aromatic N) is 6. The molecule has 0 atom stereocenters. The molecule has 0 fully saturated rings. The molecule has 1 aromatic carbocycles. The lowest BCUT2D eigenvalue weighted by atomic mass is 10.1. The number of carbonyl (C=O) groups excluding carboxylic acids is 1. The summed E-state index contributed by atoms with van der Waals surface area (Å²) in [7, 11) is 1.67. The molecule has 0 saturated heterocycles. The molecule has 0 aliphatic heterocycles. The zero-order chi connectivity index (χ0) is 19.9. The summed E-state index contributed by atoms with van der Waals surface area (Å²) >= 11 is 0. The highest BCUT2D eigenvalue weighted by Gasteiger charge is 2.13. The lowest BCUT2D eigenvalue weighted by Gasteiger charge is -2.09. The van der Waals surface area contributed by atoms with E-state index in [1.165, 1.54) is 0 Å². The second-order valence-corrected chi connectivity index (χ2v) is 6.35. The van der Waals surface area contributed by atoms with Gasteiger partial charge in [-0.15, -0.1) is 10.2 Å². The summed E-state index contributed by atoms with van der Waals surface area (Å²) in [4.78, 5) is 17.1. The molecule has 2 heterocycles. The molecule has 9 heteroatoms. The molecular formula is C19H25N7O2. The topological polar surface area (TPSA) is 99.8 Å². The van der Waals surface area contributed by atoms with Gasteiger partial charge in [0.05, 0.1) is 6.54 Å². The van der Waals surface area contributed by atoms with E-state index in [2.05, 4.69) is 25.6 Å². The summed E-state index contributed by atoms with van der Waals surface area (Å²) in [6, 6.07) is 7.39. The smallest absolute Gasteiger partial charge is 0.251 e. The van der Waals surface area contributed by atoms with E-state index in [1.807, 2.05) is 41.3 Å². The highest BCUT2D eigenvalue weighted by Crippen LogP contribution is 2.19. The number of hydrogen-bond acceptors (Lipinski definition) is 6. The minimum Gasteiger partial charge on any atom is -0.385 e. The van der Waals surface area contributed by atoms with Gasteiger partial charge in [-0.1, -0.05) is 12.1 Å². The van der Waals surface area contributed by atoms with Crippen LogP contribution < -0.4 is 5.32 Å². The molecule has 2 aromatic heterocycles. The zero-order valence-corrected chi connectivity index (χ0v) is 16.4. The fraction of sp³-hybridized carbons (Fsp3) is 0.421. The molecule has 0 aliphatic carbocycles. The van der Waals surface area contributed by atoms with Gasteiger partial charge in [0.1, 0.15) is 12.2 Å². The molecule has 0 unspecified atom stereocenters. The van der Waals surface area contributed by atoms with Gasteiger partial charge < -0.3 is 14.6 Å². The molecule has 0 aliphatic rings. The van der Waals surface area contributed by atoms with Crippen LogP contribution in [-0.2, 0) is 24.4 Å². The number of aryl methyl sites for hydroxylation is 3. The third-order valence-electron chi connectivity index (χ3n) is 4.31. The van der Waals surface area contributed by atoms with Crippen molar-refractivity contribution in [3.05, 3.63) is 47.8 Å². The van der Waals surface area contributed by atoms with Crippen molar-refractivity contribution in [3.63, 3.8) is 0 Å². The first kappa shape index (κ1) is 19.7. The standard InChI is InChI=1S/C19H25N7O2/c1-4-26-18(22-14(2)24-26)15-7-5-8-16(11-15)19(27)20-12-17-23-21-13-25(17)9-6-10-28-3/h5,7-8,11,13H,4,6,9-10,12H2,1-3H3,(H,20,27). The van der Waals surface area contributed by atoms with Crippen LogP contribution in [0.5, 0.6) is 0 Å². The Bertz CT molecular complexity index is 932. The highest BCUT2D eigenvalue weighted by molar-refractivity contribution is 5.95. The number of hydrogen-bond donors (Lipinski definition) is 1. The van der Waals surface area contributed by atoms with Gasteiger partial charge in [-0.3, -0.25) is 4.79 Å². The van der Waals surface area contributed by atoms with Crippen molar-refractivity contribution in [3.8, 4) is 11.4 Å². The van der Waals surface area contributed by atoms with Gasteiger partial charge in [0.2, 0.25) is 0 Å². The van der Waals surface area contributed by atoms with E-state index in [0.717, 1.165) is 24.4 Å². The van der Waals surface area contributed by atoms with Crippen LogP contribution >= 0.6 is 0 Å². The molecule has 28 heavy (non-hydrogen) atoms. The quantitative estimate of drug-likeness (QED) is 0.566. The first-order valence-electron chi connectivity index (χ1n) is 9.28. The minimum atomic E-state index is -0.174. The lowest BCUT2D eigenvalue weighted by molar-refractivity contribution is 0.0949. The average Bonchev–Trinajstić information content (AvgIpc) is 3.32. The van der Waals surface area contributed by atoms with Crippen LogP contribution in [0.3, 0.4) is 0 Å². The predicted octanol–water partition coefficient (Wildman–Crippen LogP) is 1.83. The van der Waals surface area contributed by atoms with Crippen molar-refractivity contribution in [2.45, 2.75) is 39.9 Å². The van der Waals surface area contributed by atoms with Crippen LogP contribution in [0.15, 0.2) is 30.6 Å². The maximum atomic E-state index is 12.6. The number of nitrogens with one attached hydrogen (secondary N) is 1. The summed E-state index contributed by atoms with van der Waals surface area (Å²) < 4.78 is 8.81. The minimum absolute atomic E-state index is 0.174. The number of aromatic nitrogens is 6. The highest BCUT2D eigenvalue weighted by atomic mass is 16.5. The summed E-state index contributed by atoms with van der Waals surface area (Å²) in [5.74, 6) is 2.00. The molecule has 3 aromatic rings. The van der Waals surface area contributed by atoms with Gasteiger partial charge in [-0.05, 0) is 32.4 Å². The van der Waals surface area contributed by atoms with Crippen molar-refractivity contribution in [2.24, 2.45) is 0 Å². The van der Waals surface area contributed by atoms with E-state index in [9.17, 15) is 4.79 Å². The molecule has 0 spiro atoms. The van der Waals surface area contributed by atoms with Crippen LogP contribution in [0.4, 0.5) is 0 Å². The van der Waals surface area contributed by atoms with Gasteiger partial charge in [0.15, 0.2) is 11.6 Å². The van der Waals surface area contributed by atoms with Crippen LogP contribution in [0.25, 0.3) is 11.4 Å². The fourth-order valence-corrected chi connectivity index (χ4v) is 2.93. The van der Waals surface area contributed by atoms with Gasteiger partial charge in [-0.2, -0.15) is 5.10 Å². The Hall–Kier alpha value is -3.07. The van der Waals surface area contributed by atoms with Gasteiger partial charge in [0, 0.05) is 37.9 Å². The summed E-state index contributed by atoms with van der Waals surface area (Å²) in [6.45, 7) is 6.30. The number of benzene rings is 1. The molecular weight excluding hydrogens is 358 g/mol. The largest absolute Gasteiger partial charge is 0.385 e. The predicted molar refractivity (Wildman–Crippen MR) is 104 cm³/mol. The van der Waals surface area contributed by atoms with Crippen LogP contribution in [0.1, 0.15) is 35.4 Å². The van der Waals surface area contributed by atoms with E-state index in [-0.39, 0.29) is 5.91 Å². The third-order valence-corrected chi connectivity index (χ3v) is 4.31. The summed E-state index contributed by atoms with van der Waals surface area (Å²) in [5.41, 5.74) is 1.42. The van der Waals surface area contributed by atoms with Crippen LogP contribution in [-0.4, -0.2) is 49.2 Å². The van der Waals surface area contributed by atoms with Gasteiger partial charge in [0.25, 0.3) is 5.91 Å². The monoisotopic (exact) mass is 383 g/mol. The van der Waals surface area contributed by atoms with Crippen LogP contribution in [0, 0.1) is 6.92 Å². The Kier molecular flexibility index (Phi) is 6.49. The second-order valence-electron chi connectivity index (χ2n) is 6.35. The number of ether oxygens (including phenoxy) is 1. The van der Waals surface area contributed by atoms with E-state index >= 15 is 0 Å². The summed E-state index contributed by atoms with van der Waals surface area (Å²) in [5, 5.41) is 15.3. The molecule has 148 valence electrons. The Morgan fingerprint density at radius 3 is 2.96 bits per heavy atom. The number of amides is 1. The Balaban J connectivity index is 1.68. The second kappa shape index (κ2) is 9.23. The molecule has 3 rings (SSSR count). The maximum absolute atomic E-state index is 12.6. The van der Waals surface area contributed by atoms with Crippen molar-refractivity contribution < 1.29 is 9.53 Å². The number of rotatable bonds is 9. The first-order chi connectivity index (χ1) is 13.6. The molecule has 1 N–H and O–H groups in total. The van der Waals surface area contributed by atoms with E-state index in [1.54, 1.807) is 19.5 Å². The molecule has 9 nitrogen and oxygen atoms in total. The maximum Gasteiger partial charge on any atom is 0.251 e. The average molecular weight is 383 g/mol. The Morgan fingerprint density at radius 2 is 2.18 bits per heavy atom. The number of methoxy groups -OCH3 is 1.